The zero-order chi connectivity index (χ0) is 17.1. The Bertz CT molecular complexity index is 966. The maximum absolute atomic E-state index is 12.3. The lowest BCUT2D eigenvalue weighted by Crippen LogP contribution is -2.33. The maximum Gasteiger partial charge on any atom is 0.272 e. The van der Waals surface area contributed by atoms with Crippen LogP contribution in [0.3, 0.4) is 0 Å². The van der Waals surface area contributed by atoms with Crippen molar-refractivity contribution < 1.29 is 4.79 Å². The number of hydrogen-bond acceptors (Lipinski definition) is 3. The average Bonchev–Trinajstić information content (AvgIpc) is 2.57. The van der Waals surface area contributed by atoms with Gasteiger partial charge in [-0.05, 0) is 36.8 Å². The number of carbonyl (C=O) groups excluding carboxylic acids is 1. The molecule has 0 bridgehead atoms. The van der Waals surface area contributed by atoms with Crippen molar-refractivity contribution in [1.82, 2.24) is 14.9 Å². The fourth-order valence-electron chi connectivity index (χ4n) is 2.52. The highest BCUT2D eigenvalue weighted by atomic mass is 35.5. The topological polar surface area (TPSA) is 64.0 Å². The van der Waals surface area contributed by atoms with Gasteiger partial charge in [-0.1, -0.05) is 35.9 Å². The van der Waals surface area contributed by atoms with E-state index in [0.29, 0.717) is 28.3 Å². The quantitative estimate of drug-likeness (QED) is 0.793. The van der Waals surface area contributed by atoms with E-state index in [2.05, 4.69) is 10.3 Å². The number of amides is 1. The van der Waals surface area contributed by atoms with Crippen LogP contribution >= 0.6 is 11.6 Å². The zero-order valence-corrected chi connectivity index (χ0v) is 13.9. The van der Waals surface area contributed by atoms with Gasteiger partial charge in [0.15, 0.2) is 0 Å². The first-order valence-electron chi connectivity index (χ1n) is 7.52. The number of hydrogen-bond donors (Lipinski definition) is 1. The smallest absolute Gasteiger partial charge is 0.272 e. The number of aryl methyl sites for hydroxylation is 1. The average molecular weight is 342 g/mol. The molecule has 0 radical (unpaired) electrons. The summed E-state index contributed by atoms with van der Waals surface area (Å²) in [6.45, 7) is 1.95. The summed E-state index contributed by atoms with van der Waals surface area (Å²) >= 11 is 5.93. The number of nitrogens with one attached hydrogen (secondary N) is 1. The lowest BCUT2D eigenvalue weighted by Gasteiger charge is -2.11. The number of fused-ring (bicyclic) bond motifs is 1. The van der Waals surface area contributed by atoms with Crippen molar-refractivity contribution in [1.29, 1.82) is 0 Å². The Hall–Kier alpha value is -2.66. The molecule has 0 aliphatic carbocycles. The molecule has 1 amide bonds. The van der Waals surface area contributed by atoms with Gasteiger partial charge < -0.3 is 5.32 Å². The molecule has 2 aromatic carbocycles. The third-order valence-corrected chi connectivity index (χ3v) is 3.93. The third kappa shape index (κ3) is 3.46. The number of halogens is 1. The molecular weight excluding hydrogens is 326 g/mol. The van der Waals surface area contributed by atoms with Gasteiger partial charge in [-0.2, -0.15) is 0 Å². The molecule has 5 nitrogen and oxygen atoms in total. The van der Waals surface area contributed by atoms with Crippen LogP contribution in [0.4, 0.5) is 0 Å². The summed E-state index contributed by atoms with van der Waals surface area (Å²) in [5, 5.41) is 3.43. The van der Waals surface area contributed by atoms with E-state index >= 15 is 0 Å². The molecule has 0 spiro atoms. The first kappa shape index (κ1) is 16.2. The maximum atomic E-state index is 12.3. The van der Waals surface area contributed by atoms with Gasteiger partial charge in [0.25, 0.3) is 5.56 Å². The van der Waals surface area contributed by atoms with Gasteiger partial charge in [0.2, 0.25) is 5.91 Å². The van der Waals surface area contributed by atoms with Crippen molar-refractivity contribution in [2.45, 2.75) is 20.0 Å². The van der Waals surface area contributed by atoms with Crippen LogP contribution < -0.4 is 10.9 Å². The zero-order valence-electron chi connectivity index (χ0n) is 13.1. The molecule has 1 heterocycles. The van der Waals surface area contributed by atoms with Crippen molar-refractivity contribution >= 4 is 28.5 Å². The third-order valence-electron chi connectivity index (χ3n) is 3.70. The Morgan fingerprint density at radius 3 is 2.79 bits per heavy atom. The van der Waals surface area contributed by atoms with Crippen LogP contribution in [0.2, 0.25) is 5.02 Å². The molecular formula is C18H16ClN3O2. The highest BCUT2D eigenvalue weighted by Gasteiger charge is 2.11. The fraction of sp³-hybridized carbons (Fsp3) is 0.167. The van der Waals surface area contributed by atoms with Gasteiger partial charge in [0.05, 0.1) is 11.0 Å². The highest BCUT2D eigenvalue weighted by Crippen LogP contribution is 2.11. The van der Waals surface area contributed by atoms with Crippen LogP contribution in [0.25, 0.3) is 11.0 Å². The van der Waals surface area contributed by atoms with Gasteiger partial charge >= 0.3 is 0 Å². The Morgan fingerprint density at radius 2 is 2.00 bits per heavy atom. The standard InChI is InChI=1S/C18H16ClN3O2/c1-12-18(24)22(16-8-3-2-7-15(16)21-12)11-17(23)20-10-13-5-4-6-14(19)9-13/h2-9H,10-11H2,1H3,(H,20,23). The molecule has 0 unspecified atom stereocenters. The molecule has 6 heteroatoms. The number of benzene rings is 2. The van der Waals surface area contributed by atoms with E-state index in [-0.39, 0.29) is 18.0 Å². The molecule has 0 fully saturated rings. The molecule has 0 aliphatic rings. The molecule has 3 rings (SSSR count). The Kier molecular flexibility index (Phi) is 4.62. The Balaban J connectivity index is 1.80. The fourth-order valence-corrected chi connectivity index (χ4v) is 2.74. The highest BCUT2D eigenvalue weighted by molar-refractivity contribution is 6.30. The molecule has 0 atom stereocenters. The van der Waals surface area contributed by atoms with Crippen LogP contribution in [0.5, 0.6) is 0 Å². The first-order valence-corrected chi connectivity index (χ1v) is 7.90. The number of carbonyl (C=O) groups is 1. The summed E-state index contributed by atoms with van der Waals surface area (Å²) in [6.07, 6.45) is 0. The van der Waals surface area contributed by atoms with E-state index < -0.39 is 0 Å². The molecule has 0 saturated carbocycles. The second-order valence-corrected chi connectivity index (χ2v) is 5.92. The molecule has 1 N–H and O–H groups in total. The van der Waals surface area contributed by atoms with E-state index in [9.17, 15) is 9.59 Å². The largest absolute Gasteiger partial charge is 0.350 e. The second-order valence-electron chi connectivity index (χ2n) is 5.48. The summed E-state index contributed by atoms with van der Waals surface area (Å²) in [5.41, 5.74) is 2.35. The van der Waals surface area contributed by atoms with Gasteiger partial charge in [-0.15, -0.1) is 0 Å². The minimum absolute atomic E-state index is 0.0523. The predicted octanol–water partition coefficient (Wildman–Crippen LogP) is 2.67. The molecule has 0 saturated heterocycles. The molecule has 24 heavy (non-hydrogen) atoms. The summed E-state index contributed by atoms with van der Waals surface area (Å²) in [4.78, 5) is 28.9. The van der Waals surface area contributed by atoms with E-state index in [4.69, 9.17) is 11.6 Å². The van der Waals surface area contributed by atoms with Crippen LogP contribution in [-0.4, -0.2) is 15.5 Å². The van der Waals surface area contributed by atoms with Crippen molar-refractivity contribution in [2.75, 3.05) is 0 Å². The van der Waals surface area contributed by atoms with E-state index in [1.165, 1.54) is 4.57 Å². The van der Waals surface area contributed by atoms with Crippen LogP contribution in [0.15, 0.2) is 53.3 Å². The molecule has 0 aliphatic heterocycles. The molecule has 1 aromatic heterocycles. The van der Waals surface area contributed by atoms with E-state index in [0.717, 1.165) is 5.56 Å². The van der Waals surface area contributed by atoms with Crippen LogP contribution in [-0.2, 0) is 17.9 Å². The number of nitrogens with zero attached hydrogens (tertiary/aromatic N) is 2. The SMILES string of the molecule is Cc1nc2ccccc2n(CC(=O)NCc2cccc(Cl)c2)c1=O. The van der Waals surface area contributed by atoms with Crippen LogP contribution in [0, 0.1) is 6.92 Å². The minimum Gasteiger partial charge on any atom is -0.350 e. The van der Waals surface area contributed by atoms with Crippen molar-refractivity contribution in [3.63, 3.8) is 0 Å². The van der Waals surface area contributed by atoms with E-state index in [1.807, 2.05) is 30.3 Å². The first-order chi connectivity index (χ1) is 11.5. The summed E-state index contributed by atoms with van der Waals surface area (Å²) in [7, 11) is 0. The summed E-state index contributed by atoms with van der Waals surface area (Å²) in [5.74, 6) is -0.243. The minimum atomic E-state index is -0.258. The Morgan fingerprint density at radius 1 is 1.21 bits per heavy atom. The molecule has 122 valence electrons. The second kappa shape index (κ2) is 6.84. The van der Waals surface area contributed by atoms with Crippen molar-refractivity contribution in [3.8, 4) is 0 Å². The van der Waals surface area contributed by atoms with Crippen molar-refractivity contribution in [2.24, 2.45) is 0 Å². The normalized spacial score (nSPS) is 10.8. The number of rotatable bonds is 4. The number of para-hydroxylation sites is 2. The van der Waals surface area contributed by atoms with Gasteiger partial charge in [0, 0.05) is 11.6 Å². The molecule has 3 aromatic rings. The van der Waals surface area contributed by atoms with Gasteiger partial charge in [-0.25, -0.2) is 4.98 Å². The van der Waals surface area contributed by atoms with Gasteiger partial charge in [0.1, 0.15) is 12.2 Å². The Labute approximate surface area is 143 Å². The summed E-state index contributed by atoms with van der Waals surface area (Å²) in [6, 6.07) is 14.5. The predicted molar refractivity (Wildman–Crippen MR) is 94.0 cm³/mol. The van der Waals surface area contributed by atoms with Crippen LogP contribution in [0.1, 0.15) is 11.3 Å². The monoisotopic (exact) mass is 341 g/mol. The van der Waals surface area contributed by atoms with Gasteiger partial charge in [-0.3, -0.25) is 14.2 Å². The number of aromatic nitrogens is 2. The van der Waals surface area contributed by atoms with E-state index in [1.54, 1.807) is 25.1 Å². The lowest BCUT2D eigenvalue weighted by molar-refractivity contribution is -0.121. The van der Waals surface area contributed by atoms with Crippen molar-refractivity contribution in [3.05, 3.63) is 75.2 Å². The lowest BCUT2D eigenvalue weighted by atomic mass is 10.2. The summed E-state index contributed by atoms with van der Waals surface area (Å²) < 4.78 is 1.45.